The number of hydrogen-bond acceptors (Lipinski definition) is 1. The third-order valence-corrected chi connectivity index (χ3v) is 4.99. The molecule has 112 valence electrons. The van der Waals surface area contributed by atoms with Gasteiger partial charge in [-0.05, 0) is 85.7 Å². The van der Waals surface area contributed by atoms with Crippen LogP contribution < -0.4 is 0 Å². The van der Waals surface area contributed by atoms with Crippen molar-refractivity contribution in [3.8, 4) is 0 Å². The fraction of sp³-hybridized carbons (Fsp3) is 0.368. The molecule has 2 heteroatoms. The van der Waals surface area contributed by atoms with Crippen molar-refractivity contribution in [1.82, 2.24) is 0 Å². The van der Waals surface area contributed by atoms with Crippen LogP contribution in [-0.4, -0.2) is 5.11 Å². The molecule has 0 amide bonds. The van der Waals surface area contributed by atoms with Gasteiger partial charge < -0.3 is 5.11 Å². The van der Waals surface area contributed by atoms with Crippen LogP contribution in [0.2, 0.25) is 5.02 Å². The first-order valence-corrected chi connectivity index (χ1v) is 7.70. The maximum atomic E-state index is 10.7. The molecule has 0 saturated carbocycles. The van der Waals surface area contributed by atoms with E-state index in [1.165, 1.54) is 27.8 Å². The fourth-order valence-corrected chi connectivity index (χ4v) is 3.10. The number of aliphatic hydroxyl groups is 1. The summed E-state index contributed by atoms with van der Waals surface area (Å²) >= 11 is 5.91. The predicted molar refractivity (Wildman–Crippen MR) is 90.2 cm³/mol. The first-order valence-electron chi connectivity index (χ1n) is 7.32. The van der Waals surface area contributed by atoms with Crippen LogP contribution >= 0.6 is 11.6 Å². The zero-order chi connectivity index (χ0) is 15.7. The van der Waals surface area contributed by atoms with E-state index in [1.807, 2.05) is 24.3 Å². The second kappa shape index (κ2) is 6.21. The van der Waals surface area contributed by atoms with E-state index >= 15 is 0 Å². The lowest BCUT2D eigenvalue weighted by molar-refractivity contribution is 0.177. The van der Waals surface area contributed by atoms with Gasteiger partial charge in [-0.1, -0.05) is 23.7 Å². The van der Waals surface area contributed by atoms with E-state index < -0.39 is 6.10 Å². The molecule has 2 aromatic carbocycles. The molecule has 21 heavy (non-hydrogen) atoms. The molecule has 1 atom stereocenters. The molecule has 2 rings (SSSR count). The molecule has 1 unspecified atom stereocenters. The lowest BCUT2D eigenvalue weighted by Gasteiger charge is -2.22. The van der Waals surface area contributed by atoms with Crippen LogP contribution in [0.15, 0.2) is 24.3 Å². The van der Waals surface area contributed by atoms with Crippen LogP contribution in [0, 0.1) is 34.6 Å². The molecular formula is C19H23ClO. The summed E-state index contributed by atoms with van der Waals surface area (Å²) < 4.78 is 0. The van der Waals surface area contributed by atoms with Crippen LogP contribution in [0.25, 0.3) is 0 Å². The Morgan fingerprint density at radius 1 is 0.810 bits per heavy atom. The minimum atomic E-state index is -0.482. The van der Waals surface area contributed by atoms with E-state index in [1.54, 1.807) is 0 Å². The summed E-state index contributed by atoms with van der Waals surface area (Å²) in [5, 5.41) is 11.4. The molecule has 0 fully saturated rings. The lowest BCUT2D eigenvalue weighted by Crippen LogP contribution is -2.10. The number of rotatable bonds is 3. The Balaban J connectivity index is 2.39. The van der Waals surface area contributed by atoms with E-state index in [-0.39, 0.29) is 0 Å². The highest BCUT2D eigenvalue weighted by molar-refractivity contribution is 6.30. The van der Waals surface area contributed by atoms with E-state index in [0.717, 1.165) is 16.1 Å². The van der Waals surface area contributed by atoms with Crippen molar-refractivity contribution in [2.75, 3.05) is 0 Å². The van der Waals surface area contributed by atoms with E-state index in [2.05, 4.69) is 34.6 Å². The zero-order valence-electron chi connectivity index (χ0n) is 13.4. The van der Waals surface area contributed by atoms with Crippen molar-refractivity contribution in [2.24, 2.45) is 0 Å². The monoisotopic (exact) mass is 302 g/mol. The minimum Gasteiger partial charge on any atom is -0.388 e. The first-order chi connectivity index (χ1) is 9.82. The molecular weight excluding hydrogens is 280 g/mol. The second-order valence-electron chi connectivity index (χ2n) is 5.89. The lowest BCUT2D eigenvalue weighted by atomic mass is 9.85. The van der Waals surface area contributed by atoms with Gasteiger partial charge in [-0.25, -0.2) is 0 Å². The highest BCUT2D eigenvalue weighted by Crippen LogP contribution is 2.32. The first kappa shape index (κ1) is 16.1. The van der Waals surface area contributed by atoms with Crippen LogP contribution in [0.4, 0.5) is 0 Å². The van der Waals surface area contributed by atoms with Gasteiger partial charge in [0.25, 0.3) is 0 Å². The Labute approximate surface area is 132 Å². The highest BCUT2D eigenvalue weighted by atomic mass is 35.5. The van der Waals surface area contributed by atoms with Gasteiger partial charge in [0.15, 0.2) is 0 Å². The summed E-state index contributed by atoms with van der Waals surface area (Å²) in [6.45, 7) is 10.6. The van der Waals surface area contributed by atoms with Crippen LogP contribution in [-0.2, 0) is 6.42 Å². The summed E-state index contributed by atoms with van der Waals surface area (Å²) in [4.78, 5) is 0. The maximum Gasteiger partial charge on any atom is 0.0835 e. The zero-order valence-corrected chi connectivity index (χ0v) is 14.2. The molecule has 0 aliphatic rings. The van der Waals surface area contributed by atoms with Gasteiger partial charge in [-0.2, -0.15) is 0 Å². The van der Waals surface area contributed by atoms with Crippen molar-refractivity contribution in [2.45, 2.75) is 47.1 Å². The Morgan fingerprint density at radius 3 is 1.71 bits per heavy atom. The van der Waals surface area contributed by atoms with Gasteiger partial charge in [0, 0.05) is 11.4 Å². The molecule has 2 aromatic rings. The smallest absolute Gasteiger partial charge is 0.0835 e. The average Bonchev–Trinajstić information content (AvgIpc) is 2.46. The van der Waals surface area contributed by atoms with Crippen molar-refractivity contribution in [1.29, 1.82) is 0 Å². The van der Waals surface area contributed by atoms with Gasteiger partial charge >= 0.3 is 0 Å². The fourth-order valence-electron chi connectivity index (χ4n) is 2.97. The Bertz CT molecular complexity index is 627. The second-order valence-corrected chi connectivity index (χ2v) is 6.32. The molecule has 0 aliphatic carbocycles. The molecule has 0 radical (unpaired) electrons. The van der Waals surface area contributed by atoms with Crippen molar-refractivity contribution in [3.63, 3.8) is 0 Å². The number of halogens is 1. The number of hydrogen-bond donors (Lipinski definition) is 1. The van der Waals surface area contributed by atoms with Gasteiger partial charge in [-0.15, -0.1) is 0 Å². The third kappa shape index (κ3) is 3.14. The molecule has 0 bridgehead atoms. The molecule has 0 heterocycles. The van der Waals surface area contributed by atoms with Gasteiger partial charge in [-0.3, -0.25) is 0 Å². The minimum absolute atomic E-state index is 0.482. The van der Waals surface area contributed by atoms with Crippen LogP contribution in [0.1, 0.15) is 45.0 Å². The maximum absolute atomic E-state index is 10.7. The van der Waals surface area contributed by atoms with Gasteiger partial charge in [0.1, 0.15) is 0 Å². The highest BCUT2D eigenvalue weighted by Gasteiger charge is 2.18. The van der Waals surface area contributed by atoms with Crippen molar-refractivity contribution in [3.05, 3.63) is 68.2 Å². The topological polar surface area (TPSA) is 20.2 Å². The third-order valence-electron chi connectivity index (χ3n) is 4.73. The summed E-state index contributed by atoms with van der Waals surface area (Å²) in [5.74, 6) is 0. The summed E-state index contributed by atoms with van der Waals surface area (Å²) in [6, 6.07) is 7.69. The van der Waals surface area contributed by atoms with Crippen LogP contribution in [0.3, 0.4) is 0 Å². The SMILES string of the molecule is Cc1c(C)c(C)c(C(O)Cc2ccc(Cl)cc2)c(C)c1C. The predicted octanol–water partition coefficient (Wildman–Crippen LogP) is 5.16. The molecule has 1 N–H and O–H groups in total. The standard InChI is InChI=1S/C19H23ClO/c1-11-12(2)14(4)19(15(5)13(11)3)18(21)10-16-6-8-17(20)9-7-16/h6-9,18,21H,10H2,1-5H3. The largest absolute Gasteiger partial charge is 0.388 e. The molecule has 0 spiro atoms. The summed E-state index contributed by atoms with van der Waals surface area (Å²) in [5.41, 5.74) is 8.47. The van der Waals surface area contributed by atoms with E-state index in [9.17, 15) is 5.11 Å². The van der Waals surface area contributed by atoms with E-state index in [4.69, 9.17) is 11.6 Å². The Hall–Kier alpha value is -1.31. The van der Waals surface area contributed by atoms with Crippen molar-refractivity contribution < 1.29 is 5.11 Å². The molecule has 0 saturated heterocycles. The van der Waals surface area contributed by atoms with Gasteiger partial charge in [0.2, 0.25) is 0 Å². The number of benzene rings is 2. The molecule has 0 aliphatic heterocycles. The van der Waals surface area contributed by atoms with E-state index in [0.29, 0.717) is 6.42 Å². The number of aliphatic hydroxyl groups excluding tert-OH is 1. The Kier molecular flexibility index (Phi) is 4.75. The van der Waals surface area contributed by atoms with Crippen molar-refractivity contribution >= 4 is 11.6 Å². The molecule has 1 nitrogen and oxygen atoms in total. The molecule has 0 aromatic heterocycles. The average molecular weight is 303 g/mol. The van der Waals surface area contributed by atoms with Gasteiger partial charge in [0.05, 0.1) is 6.10 Å². The quantitative estimate of drug-likeness (QED) is 0.830. The van der Waals surface area contributed by atoms with Crippen LogP contribution in [0.5, 0.6) is 0 Å². The Morgan fingerprint density at radius 2 is 1.24 bits per heavy atom. The summed E-state index contributed by atoms with van der Waals surface area (Å²) in [7, 11) is 0. The summed E-state index contributed by atoms with van der Waals surface area (Å²) in [6.07, 6.45) is 0.130. The normalized spacial score (nSPS) is 12.5.